The van der Waals surface area contributed by atoms with Crippen molar-refractivity contribution >= 4 is 12.0 Å². The zero-order valence-electron chi connectivity index (χ0n) is 15.7. The number of nitrogens with two attached hydrogens (primary N) is 1. The first-order valence-corrected chi connectivity index (χ1v) is 9.28. The van der Waals surface area contributed by atoms with E-state index in [1.165, 1.54) is 0 Å². The number of alkyl halides is 3. The molecule has 2 aliphatic rings. The Morgan fingerprint density at radius 3 is 2.19 bits per heavy atom. The predicted octanol–water partition coefficient (Wildman–Crippen LogP) is 2.19. The summed E-state index contributed by atoms with van der Waals surface area (Å²) in [6.45, 7) is 7.22. The maximum atomic E-state index is 12.6. The quantitative estimate of drug-likeness (QED) is 0.798. The largest absolute Gasteiger partial charge is 0.419 e. The van der Waals surface area contributed by atoms with Crippen LogP contribution in [0.5, 0.6) is 0 Å². The highest BCUT2D eigenvalue weighted by Crippen LogP contribution is 2.28. The Labute approximate surface area is 157 Å². The van der Waals surface area contributed by atoms with Crippen molar-refractivity contribution in [3.63, 3.8) is 0 Å². The molecule has 3 rings (SSSR count). The molecule has 2 fully saturated rings. The molecule has 2 aliphatic heterocycles. The van der Waals surface area contributed by atoms with Crippen molar-refractivity contribution in [1.82, 2.24) is 19.8 Å². The molecule has 0 aromatic carbocycles. The third kappa shape index (κ3) is 5.44. The van der Waals surface area contributed by atoms with Gasteiger partial charge in [-0.15, -0.1) is 0 Å². The molecular formula is C17H27F3N6O. The minimum atomic E-state index is -4.45. The van der Waals surface area contributed by atoms with Crippen LogP contribution in [0, 0.1) is 0 Å². The third-order valence-corrected chi connectivity index (χ3v) is 4.53. The summed E-state index contributed by atoms with van der Waals surface area (Å²) in [7, 11) is 0. The lowest BCUT2D eigenvalue weighted by Gasteiger charge is -2.39. The molecule has 2 saturated heterocycles. The number of anilines is 1. The van der Waals surface area contributed by atoms with Crippen molar-refractivity contribution < 1.29 is 18.0 Å². The summed E-state index contributed by atoms with van der Waals surface area (Å²) in [6.07, 6.45) is -1.03. The first-order chi connectivity index (χ1) is 12.8. The van der Waals surface area contributed by atoms with Crippen LogP contribution in [0.4, 0.5) is 23.9 Å². The van der Waals surface area contributed by atoms with E-state index in [1.807, 2.05) is 13.8 Å². The van der Waals surface area contributed by atoms with Gasteiger partial charge < -0.3 is 20.4 Å². The SMILES string of the molecule is CC.NC1CCCN(C(=O)N2CCN(c3ncc(C(F)(F)F)cn3)CC2)C1. The van der Waals surface area contributed by atoms with Gasteiger partial charge in [-0.1, -0.05) is 13.8 Å². The van der Waals surface area contributed by atoms with Gasteiger partial charge in [-0.2, -0.15) is 13.2 Å². The maximum absolute atomic E-state index is 12.6. The molecule has 2 N–H and O–H groups in total. The third-order valence-electron chi connectivity index (χ3n) is 4.53. The summed E-state index contributed by atoms with van der Waals surface area (Å²) in [5, 5.41) is 0. The summed E-state index contributed by atoms with van der Waals surface area (Å²) in [5.74, 6) is 0.250. The Balaban J connectivity index is 0.00000126. The first-order valence-electron chi connectivity index (χ1n) is 9.28. The second kappa shape index (κ2) is 9.20. The Morgan fingerprint density at radius 1 is 1.07 bits per heavy atom. The number of rotatable bonds is 1. The fourth-order valence-corrected chi connectivity index (χ4v) is 3.11. The highest BCUT2D eigenvalue weighted by Gasteiger charge is 2.32. The molecule has 2 amide bonds. The Bertz CT molecular complexity index is 602. The lowest BCUT2D eigenvalue weighted by Crippen LogP contribution is -2.56. The molecule has 1 aromatic rings. The van der Waals surface area contributed by atoms with Gasteiger partial charge in [0.1, 0.15) is 0 Å². The number of amides is 2. The number of halogens is 3. The van der Waals surface area contributed by atoms with Gasteiger partial charge in [0.05, 0.1) is 5.56 Å². The Morgan fingerprint density at radius 2 is 1.67 bits per heavy atom. The summed E-state index contributed by atoms with van der Waals surface area (Å²) in [5.41, 5.74) is 5.05. The van der Waals surface area contributed by atoms with Gasteiger partial charge >= 0.3 is 12.2 Å². The molecule has 1 unspecified atom stereocenters. The van der Waals surface area contributed by atoms with Crippen molar-refractivity contribution in [1.29, 1.82) is 0 Å². The number of urea groups is 1. The van der Waals surface area contributed by atoms with Crippen LogP contribution in [0.1, 0.15) is 32.3 Å². The molecule has 7 nitrogen and oxygen atoms in total. The molecule has 0 spiro atoms. The van der Waals surface area contributed by atoms with Gasteiger partial charge in [0.15, 0.2) is 0 Å². The van der Waals surface area contributed by atoms with Crippen molar-refractivity contribution in [2.75, 3.05) is 44.2 Å². The fraction of sp³-hybridized carbons (Fsp3) is 0.706. The highest BCUT2D eigenvalue weighted by atomic mass is 19.4. The molecule has 3 heterocycles. The molecule has 0 bridgehead atoms. The average molecular weight is 388 g/mol. The minimum absolute atomic E-state index is 0.0249. The number of piperazine rings is 1. The molecule has 27 heavy (non-hydrogen) atoms. The molecule has 0 saturated carbocycles. The number of nitrogens with zero attached hydrogens (tertiary/aromatic N) is 5. The van der Waals surface area contributed by atoms with Gasteiger partial charge in [0.25, 0.3) is 0 Å². The zero-order chi connectivity index (χ0) is 20.0. The molecule has 1 atom stereocenters. The van der Waals surface area contributed by atoms with Crippen LogP contribution in [0.2, 0.25) is 0 Å². The van der Waals surface area contributed by atoms with Crippen molar-refractivity contribution in [3.05, 3.63) is 18.0 Å². The van der Waals surface area contributed by atoms with Gasteiger partial charge in [-0.05, 0) is 12.8 Å². The van der Waals surface area contributed by atoms with Crippen LogP contribution in [-0.4, -0.2) is 71.1 Å². The van der Waals surface area contributed by atoms with Gasteiger partial charge in [-0.25, -0.2) is 14.8 Å². The summed E-state index contributed by atoms with van der Waals surface area (Å²) in [4.78, 5) is 25.4. The standard InChI is InChI=1S/C15H21F3N6O.C2H6/c16-15(17,18)11-8-20-13(21-9-11)22-4-6-23(7-5-22)14(25)24-3-1-2-12(19)10-24;1-2/h8-9,12H,1-7,10,19H2;1-2H3. The van der Waals surface area contributed by atoms with E-state index in [0.29, 0.717) is 32.7 Å². The monoisotopic (exact) mass is 388 g/mol. The van der Waals surface area contributed by atoms with Crippen LogP contribution in [0.25, 0.3) is 0 Å². The van der Waals surface area contributed by atoms with Gasteiger partial charge in [-0.3, -0.25) is 0 Å². The average Bonchev–Trinajstić information content (AvgIpc) is 2.68. The van der Waals surface area contributed by atoms with Crippen molar-refractivity contribution in [2.24, 2.45) is 5.73 Å². The Hall–Kier alpha value is -2.10. The van der Waals surface area contributed by atoms with E-state index in [1.54, 1.807) is 14.7 Å². The number of likely N-dealkylation sites (tertiary alicyclic amines) is 1. The second-order valence-corrected chi connectivity index (χ2v) is 6.37. The summed E-state index contributed by atoms with van der Waals surface area (Å²) < 4.78 is 37.7. The van der Waals surface area contributed by atoms with Crippen LogP contribution < -0.4 is 10.6 Å². The smallest absolute Gasteiger partial charge is 0.337 e. The lowest BCUT2D eigenvalue weighted by atomic mass is 10.1. The predicted molar refractivity (Wildman–Crippen MR) is 96.3 cm³/mol. The maximum Gasteiger partial charge on any atom is 0.419 e. The minimum Gasteiger partial charge on any atom is -0.337 e. The van der Waals surface area contributed by atoms with E-state index in [2.05, 4.69) is 9.97 Å². The summed E-state index contributed by atoms with van der Waals surface area (Å²) >= 11 is 0. The van der Waals surface area contributed by atoms with E-state index < -0.39 is 11.7 Å². The van der Waals surface area contributed by atoms with Gasteiger partial charge in [0.2, 0.25) is 5.95 Å². The van der Waals surface area contributed by atoms with Crippen molar-refractivity contribution in [2.45, 2.75) is 38.9 Å². The summed E-state index contributed by atoms with van der Waals surface area (Å²) in [6, 6.07) is 0.00248. The lowest BCUT2D eigenvalue weighted by molar-refractivity contribution is -0.138. The number of carbonyl (C=O) groups is 1. The fourth-order valence-electron chi connectivity index (χ4n) is 3.11. The van der Waals surface area contributed by atoms with Crippen LogP contribution >= 0.6 is 0 Å². The molecule has 0 aliphatic carbocycles. The molecular weight excluding hydrogens is 361 g/mol. The second-order valence-electron chi connectivity index (χ2n) is 6.37. The number of carbonyl (C=O) groups excluding carboxylic acids is 1. The number of hydrogen-bond acceptors (Lipinski definition) is 5. The molecule has 10 heteroatoms. The number of aromatic nitrogens is 2. The first kappa shape index (κ1) is 21.2. The van der Waals surface area contributed by atoms with E-state index in [4.69, 9.17) is 5.73 Å². The van der Waals surface area contributed by atoms with E-state index in [0.717, 1.165) is 31.8 Å². The van der Waals surface area contributed by atoms with E-state index in [9.17, 15) is 18.0 Å². The van der Waals surface area contributed by atoms with Crippen molar-refractivity contribution in [3.8, 4) is 0 Å². The Kier molecular flexibility index (Phi) is 7.23. The van der Waals surface area contributed by atoms with E-state index in [-0.39, 0.29) is 18.0 Å². The van der Waals surface area contributed by atoms with Crippen LogP contribution in [-0.2, 0) is 6.18 Å². The highest BCUT2D eigenvalue weighted by molar-refractivity contribution is 5.75. The molecule has 0 radical (unpaired) electrons. The van der Waals surface area contributed by atoms with E-state index >= 15 is 0 Å². The van der Waals surface area contributed by atoms with Gasteiger partial charge in [0, 0.05) is 57.7 Å². The van der Waals surface area contributed by atoms with Crippen LogP contribution in [0.15, 0.2) is 12.4 Å². The normalized spacial score (nSPS) is 20.8. The van der Waals surface area contributed by atoms with Crippen LogP contribution in [0.3, 0.4) is 0 Å². The topological polar surface area (TPSA) is 78.6 Å². The molecule has 1 aromatic heterocycles. The zero-order valence-corrected chi connectivity index (χ0v) is 15.7. The molecule has 152 valence electrons. The number of hydrogen-bond donors (Lipinski definition) is 1. The number of piperidine rings is 1.